The predicted octanol–water partition coefficient (Wildman–Crippen LogP) is 3.33. The highest BCUT2D eigenvalue weighted by molar-refractivity contribution is 5.85. The lowest BCUT2D eigenvalue weighted by Gasteiger charge is -2.24. The van der Waals surface area contributed by atoms with Crippen LogP contribution < -0.4 is 5.73 Å². The molecule has 26 heavy (non-hydrogen) atoms. The monoisotopic (exact) mass is 401 g/mol. The van der Waals surface area contributed by atoms with Gasteiger partial charge in [-0.25, -0.2) is 0 Å². The number of nitrogens with zero attached hydrogens (tertiary/aromatic N) is 2. The molecule has 0 bridgehead atoms. The molecule has 0 aromatic heterocycles. The standard InChI is InChI=1S/C20H31N3O.2ClH/c1-22(20(24)12-18-8-5-9-19(18)21)13-17-10-11-23(15-17)14-16-6-3-2-4-7-16;;/h2-4,6-7,17-19H,5,8-15,21H2,1H3;2*1H/t17?,18-,19+;;/m0../s1. The molecule has 0 radical (unpaired) electrons. The number of halogens is 2. The van der Waals surface area contributed by atoms with Crippen molar-refractivity contribution in [1.82, 2.24) is 9.80 Å². The van der Waals surface area contributed by atoms with Crippen LogP contribution in [0, 0.1) is 11.8 Å². The van der Waals surface area contributed by atoms with E-state index in [2.05, 4.69) is 35.2 Å². The van der Waals surface area contributed by atoms with Crippen LogP contribution in [0.4, 0.5) is 0 Å². The first-order valence-corrected chi connectivity index (χ1v) is 9.37. The molecule has 2 fully saturated rings. The molecular formula is C20H33Cl2N3O. The number of rotatable bonds is 6. The van der Waals surface area contributed by atoms with E-state index in [-0.39, 0.29) is 36.8 Å². The van der Waals surface area contributed by atoms with Gasteiger partial charge in [0.1, 0.15) is 0 Å². The maximum absolute atomic E-state index is 12.5. The van der Waals surface area contributed by atoms with Crippen molar-refractivity contribution in [1.29, 1.82) is 0 Å². The van der Waals surface area contributed by atoms with Gasteiger partial charge in [0, 0.05) is 39.1 Å². The van der Waals surface area contributed by atoms with Gasteiger partial charge in [-0.3, -0.25) is 9.69 Å². The van der Waals surface area contributed by atoms with Crippen LogP contribution in [0.25, 0.3) is 0 Å². The summed E-state index contributed by atoms with van der Waals surface area (Å²) in [6.07, 6.45) is 5.21. The van der Waals surface area contributed by atoms with Crippen LogP contribution in [-0.4, -0.2) is 48.4 Å². The van der Waals surface area contributed by atoms with Gasteiger partial charge in [0.2, 0.25) is 5.91 Å². The smallest absolute Gasteiger partial charge is 0.222 e. The molecule has 1 amide bonds. The Balaban J connectivity index is 0.00000169. The van der Waals surface area contributed by atoms with Crippen LogP contribution in [0.1, 0.15) is 37.7 Å². The third-order valence-corrected chi connectivity index (χ3v) is 5.73. The van der Waals surface area contributed by atoms with Gasteiger partial charge in [0.05, 0.1) is 0 Å². The highest BCUT2D eigenvalue weighted by Gasteiger charge is 2.29. The largest absolute Gasteiger partial charge is 0.345 e. The number of hydrogen-bond acceptors (Lipinski definition) is 3. The molecule has 1 unspecified atom stereocenters. The first-order chi connectivity index (χ1) is 11.6. The molecule has 2 aliphatic rings. The lowest BCUT2D eigenvalue weighted by atomic mass is 9.99. The normalized spacial score (nSPS) is 25.4. The number of likely N-dealkylation sites (tertiary alicyclic amines) is 1. The second kappa shape index (κ2) is 11.1. The minimum atomic E-state index is 0. The molecular weight excluding hydrogens is 369 g/mol. The van der Waals surface area contributed by atoms with Gasteiger partial charge in [-0.1, -0.05) is 36.8 Å². The van der Waals surface area contributed by atoms with E-state index in [1.54, 1.807) is 0 Å². The average Bonchev–Trinajstić information content (AvgIpc) is 3.18. The van der Waals surface area contributed by atoms with E-state index in [1.165, 1.54) is 18.4 Å². The summed E-state index contributed by atoms with van der Waals surface area (Å²) in [5.74, 6) is 1.27. The quantitative estimate of drug-likeness (QED) is 0.794. The Morgan fingerprint density at radius 2 is 1.92 bits per heavy atom. The molecule has 6 heteroatoms. The predicted molar refractivity (Wildman–Crippen MR) is 112 cm³/mol. The average molecular weight is 402 g/mol. The van der Waals surface area contributed by atoms with Crippen LogP contribution >= 0.6 is 24.8 Å². The number of carbonyl (C=O) groups excluding carboxylic acids is 1. The van der Waals surface area contributed by atoms with Crippen LogP contribution in [-0.2, 0) is 11.3 Å². The number of amides is 1. The van der Waals surface area contributed by atoms with Gasteiger partial charge in [0.25, 0.3) is 0 Å². The van der Waals surface area contributed by atoms with E-state index < -0.39 is 0 Å². The summed E-state index contributed by atoms with van der Waals surface area (Å²) >= 11 is 0. The van der Waals surface area contributed by atoms with Crippen molar-refractivity contribution >= 4 is 30.7 Å². The summed E-state index contributed by atoms with van der Waals surface area (Å²) in [6, 6.07) is 10.9. The van der Waals surface area contributed by atoms with Crippen LogP contribution in [0.15, 0.2) is 30.3 Å². The summed E-state index contributed by atoms with van der Waals surface area (Å²) in [4.78, 5) is 16.9. The lowest BCUT2D eigenvalue weighted by molar-refractivity contribution is -0.131. The van der Waals surface area contributed by atoms with Crippen molar-refractivity contribution in [2.45, 2.75) is 44.7 Å². The molecule has 3 rings (SSSR count). The minimum absolute atomic E-state index is 0. The fraction of sp³-hybridized carbons (Fsp3) is 0.650. The zero-order valence-corrected chi connectivity index (χ0v) is 17.3. The lowest BCUT2D eigenvalue weighted by Crippen LogP contribution is -2.36. The molecule has 2 N–H and O–H groups in total. The number of benzene rings is 1. The molecule has 0 spiro atoms. The molecule has 1 aliphatic heterocycles. The Morgan fingerprint density at radius 3 is 2.58 bits per heavy atom. The maximum Gasteiger partial charge on any atom is 0.222 e. The summed E-state index contributed by atoms with van der Waals surface area (Å²) in [5.41, 5.74) is 7.48. The topological polar surface area (TPSA) is 49.6 Å². The van der Waals surface area contributed by atoms with Crippen molar-refractivity contribution in [2.24, 2.45) is 17.6 Å². The minimum Gasteiger partial charge on any atom is -0.345 e. The van der Waals surface area contributed by atoms with Gasteiger partial charge in [-0.05, 0) is 43.2 Å². The third kappa shape index (κ3) is 6.41. The SMILES string of the molecule is CN(CC1CCN(Cc2ccccc2)C1)C(=O)C[C@@H]1CCC[C@H]1N.Cl.Cl. The van der Waals surface area contributed by atoms with Crippen LogP contribution in [0.3, 0.4) is 0 Å². The zero-order valence-electron chi connectivity index (χ0n) is 15.7. The Labute approximate surface area is 170 Å². The Bertz CT molecular complexity index is 543. The molecule has 4 nitrogen and oxygen atoms in total. The van der Waals surface area contributed by atoms with Crippen molar-refractivity contribution < 1.29 is 4.79 Å². The maximum atomic E-state index is 12.5. The molecule has 1 aliphatic carbocycles. The van der Waals surface area contributed by atoms with E-state index >= 15 is 0 Å². The molecule has 1 saturated carbocycles. The second-order valence-corrected chi connectivity index (χ2v) is 7.71. The van der Waals surface area contributed by atoms with E-state index in [9.17, 15) is 4.79 Å². The summed E-state index contributed by atoms with van der Waals surface area (Å²) in [5, 5.41) is 0. The van der Waals surface area contributed by atoms with E-state index in [4.69, 9.17) is 5.73 Å². The number of nitrogens with two attached hydrogens (primary N) is 1. The number of hydrogen-bond donors (Lipinski definition) is 1. The van der Waals surface area contributed by atoms with Gasteiger partial charge in [-0.15, -0.1) is 24.8 Å². The molecule has 1 heterocycles. The van der Waals surface area contributed by atoms with Crippen LogP contribution in [0.2, 0.25) is 0 Å². The van der Waals surface area contributed by atoms with Gasteiger partial charge >= 0.3 is 0 Å². The van der Waals surface area contributed by atoms with Gasteiger partial charge in [0.15, 0.2) is 0 Å². The van der Waals surface area contributed by atoms with Crippen molar-refractivity contribution in [2.75, 3.05) is 26.7 Å². The third-order valence-electron chi connectivity index (χ3n) is 5.73. The first-order valence-electron chi connectivity index (χ1n) is 9.37. The van der Waals surface area contributed by atoms with Crippen molar-refractivity contribution in [3.63, 3.8) is 0 Å². The summed E-state index contributed by atoms with van der Waals surface area (Å²) in [6.45, 7) is 4.13. The van der Waals surface area contributed by atoms with E-state index in [0.29, 0.717) is 18.3 Å². The van der Waals surface area contributed by atoms with E-state index in [1.807, 2.05) is 11.9 Å². The Kier molecular flexibility index (Phi) is 9.94. The summed E-state index contributed by atoms with van der Waals surface area (Å²) < 4.78 is 0. The fourth-order valence-electron chi connectivity index (χ4n) is 4.24. The molecule has 3 atom stereocenters. The molecule has 1 aromatic carbocycles. The van der Waals surface area contributed by atoms with Crippen LogP contribution in [0.5, 0.6) is 0 Å². The molecule has 1 aromatic rings. The van der Waals surface area contributed by atoms with Gasteiger partial charge < -0.3 is 10.6 Å². The molecule has 148 valence electrons. The Hall–Kier alpha value is -0.810. The van der Waals surface area contributed by atoms with E-state index in [0.717, 1.165) is 39.0 Å². The van der Waals surface area contributed by atoms with Crippen molar-refractivity contribution in [3.05, 3.63) is 35.9 Å². The molecule has 1 saturated heterocycles. The highest BCUT2D eigenvalue weighted by Crippen LogP contribution is 2.27. The Morgan fingerprint density at radius 1 is 1.19 bits per heavy atom. The fourth-order valence-corrected chi connectivity index (χ4v) is 4.24. The van der Waals surface area contributed by atoms with Crippen molar-refractivity contribution in [3.8, 4) is 0 Å². The second-order valence-electron chi connectivity index (χ2n) is 7.71. The highest BCUT2D eigenvalue weighted by atomic mass is 35.5. The zero-order chi connectivity index (χ0) is 16.9. The van der Waals surface area contributed by atoms with Gasteiger partial charge in [-0.2, -0.15) is 0 Å². The first kappa shape index (κ1) is 23.2. The number of carbonyl (C=O) groups is 1. The summed E-state index contributed by atoms with van der Waals surface area (Å²) in [7, 11) is 1.96.